The number of pyridine rings is 1. The number of rotatable bonds is 6. The lowest BCUT2D eigenvalue weighted by molar-refractivity contribution is -0.113. The fraction of sp³-hybridized carbons (Fsp3) is 0.154. The molecule has 7 nitrogen and oxygen atoms in total. The number of hydrogen-bond acceptors (Lipinski definition) is 6. The van der Waals surface area contributed by atoms with Crippen LogP contribution in [0, 0.1) is 6.92 Å². The molecule has 0 saturated heterocycles. The summed E-state index contributed by atoms with van der Waals surface area (Å²) in [4.78, 5) is 22.5. The Balaban J connectivity index is 1.49. The number of amides is 1. The molecule has 0 spiro atoms. The van der Waals surface area contributed by atoms with E-state index in [-0.39, 0.29) is 5.91 Å². The number of aryl methyl sites for hydroxylation is 1. The maximum atomic E-state index is 13.5. The van der Waals surface area contributed by atoms with Crippen molar-refractivity contribution >= 4 is 29.3 Å². The molecule has 34 heavy (non-hydrogen) atoms. The van der Waals surface area contributed by atoms with Gasteiger partial charge in [-0.2, -0.15) is 4.98 Å². The van der Waals surface area contributed by atoms with E-state index in [1.165, 1.54) is 5.56 Å². The zero-order valence-electron chi connectivity index (χ0n) is 18.9. The first-order chi connectivity index (χ1) is 16.6. The van der Waals surface area contributed by atoms with Crippen LogP contribution in [0.3, 0.4) is 0 Å². The highest BCUT2D eigenvalue weighted by Crippen LogP contribution is 2.36. The lowest BCUT2D eigenvalue weighted by atomic mass is 9.96. The average molecular weight is 469 g/mol. The predicted molar refractivity (Wildman–Crippen MR) is 135 cm³/mol. The summed E-state index contributed by atoms with van der Waals surface area (Å²) in [5.74, 6) is 1.18. The number of thioether (sulfide) groups is 1. The topological polar surface area (TPSA) is 84.7 Å². The van der Waals surface area contributed by atoms with Crippen LogP contribution in [0.5, 0.6) is 0 Å². The van der Waals surface area contributed by atoms with Crippen LogP contribution in [0.15, 0.2) is 95.6 Å². The summed E-state index contributed by atoms with van der Waals surface area (Å²) in [5, 5.41) is 11.8. The van der Waals surface area contributed by atoms with E-state index in [0.29, 0.717) is 16.7 Å². The number of benzene rings is 2. The van der Waals surface area contributed by atoms with Gasteiger partial charge < -0.3 is 10.6 Å². The summed E-state index contributed by atoms with van der Waals surface area (Å²) >= 11 is 1.56. The molecule has 0 radical (unpaired) electrons. The monoisotopic (exact) mass is 468 g/mol. The Morgan fingerprint density at radius 2 is 1.85 bits per heavy atom. The minimum atomic E-state index is -0.451. The minimum Gasteiger partial charge on any atom is -0.328 e. The maximum Gasteiger partial charge on any atom is 0.255 e. The van der Waals surface area contributed by atoms with Gasteiger partial charge in [0.05, 0.1) is 5.57 Å². The van der Waals surface area contributed by atoms with Crippen molar-refractivity contribution in [2.45, 2.75) is 30.8 Å². The molecule has 0 bridgehead atoms. The molecule has 1 atom stereocenters. The van der Waals surface area contributed by atoms with Gasteiger partial charge in [0.15, 0.2) is 0 Å². The molecule has 0 saturated carbocycles. The Morgan fingerprint density at radius 1 is 1.06 bits per heavy atom. The van der Waals surface area contributed by atoms with Crippen molar-refractivity contribution in [1.82, 2.24) is 19.7 Å². The number of carbonyl (C=O) groups is 1. The van der Waals surface area contributed by atoms with Gasteiger partial charge in [-0.05, 0) is 42.7 Å². The quantitative estimate of drug-likeness (QED) is 0.378. The van der Waals surface area contributed by atoms with Gasteiger partial charge in [0.2, 0.25) is 11.1 Å². The number of nitrogens with zero attached hydrogens (tertiary/aromatic N) is 4. The van der Waals surface area contributed by atoms with Gasteiger partial charge in [0.1, 0.15) is 6.04 Å². The number of para-hydroxylation sites is 1. The van der Waals surface area contributed by atoms with Crippen molar-refractivity contribution < 1.29 is 4.79 Å². The summed E-state index contributed by atoms with van der Waals surface area (Å²) in [7, 11) is 0. The highest BCUT2D eigenvalue weighted by molar-refractivity contribution is 7.98. The Kier molecular flexibility index (Phi) is 6.14. The molecule has 8 heteroatoms. The zero-order valence-corrected chi connectivity index (χ0v) is 19.7. The first-order valence-electron chi connectivity index (χ1n) is 11.0. The molecule has 3 heterocycles. The molecule has 2 aromatic heterocycles. The third-order valence-corrected chi connectivity index (χ3v) is 6.59. The second-order valence-corrected chi connectivity index (χ2v) is 9.00. The lowest BCUT2D eigenvalue weighted by Crippen LogP contribution is -2.31. The van der Waals surface area contributed by atoms with Gasteiger partial charge in [-0.3, -0.25) is 9.78 Å². The minimum absolute atomic E-state index is 0.187. The second-order valence-electron chi connectivity index (χ2n) is 8.06. The highest BCUT2D eigenvalue weighted by atomic mass is 32.2. The van der Waals surface area contributed by atoms with Crippen molar-refractivity contribution in [3.05, 3.63) is 107 Å². The van der Waals surface area contributed by atoms with Crippen molar-refractivity contribution in [2.75, 3.05) is 10.6 Å². The first-order valence-corrected chi connectivity index (χ1v) is 12.0. The third kappa shape index (κ3) is 4.45. The number of nitrogens with one attached hydrogen (secondary N) is 2. The van der Waals surface area contributed by atoms with E-state index < -0.39 is 6.04 Å². The molecule has 0 fully saturated rings. The molecule has 4 aromatic rings. The molecule has 0 aliphatic carbocycles. The number of aromatic nitrogens is 4. The molecular weight excluding hydrogens is 444 g/mol. The normalized spacial score (nSPS) is 14.9. The van der Waals surface area contributed by atoms with Gasteiger partial charge in [-0.25, -0.2) is 4.68 Å². The molecule has 5 rings (SSSR count). The van der Waals surface area contributed by atoms with Crippen LogP contribution in [0.1, 0.15) is 29.7 Å². The summed E-state index contributed by atoms with van der Waals surface area (Å²) in [5.41, 5.74) is 5.15. The Bertz CT molecular complexity index is 1350. The summed E-state index contributed by atoms with van der Waals surface area (Å²) < 4.78 is 1.78. The van der Waals surface area contributed by atoms with E-state index in [1.54, 1.807) is 28.8 Å². The first kappa shape index (κ1) is 21.9. The van der Waals surface area contributed by atoms with E-state index in [4.69, 9.17) is 10.1 Å². The van der Waals surface area contributed by atoms with Gasteiger partial charge in [-0.1, -0.05) is 66.4 Å². The van der Waals surface area contributed by atoms with Gasteiger partial charge in [-0.15, -0.1) is 5.10 Å². The number of fused-ring (bicyclic) bond motifs is 1. The van der Waals surface area contributed by atoms with Crippen LogP contribution in [-0.4, -0.2) is 25.7 Å². The number of allylic oxidation sites excluding steroid dienone is 1. The third-order valence-electron chi connectivity index (χ3n) is 5.68. The molecule has 2 N–H and O–H groups in total. The van der Waals surface area contributed by atoms with Crippen LogP contribution < -0.4 is 10.6 Å². The molecule has 1 amide bonds. The Hall–Kier alpha value is -3.91. The fourth-order valence-electron chi connectivity index (χ4n) is 3.96. The van der Waals surface area contributed by atoms with Crippen molar-refractivity contribution in [3.8, 4) is 0 Å². The van der Waals surface area contributed by atoms with E-state index in [2.05, 4.69) is 27.8 Å². The zero-order chi connectivity index (χ0) is 23.5. The van der Waals surface area contributed by atoms with Crippen molar-refractivity contribution in [3.63, 3.8) is 0 Å². The summed E-state index contributed by atoms with van der Waals surface area (Å²) in [6.45, 7) is 3.87. The van der Waals surface area contributed by atoms with Crippen LogP contribution >= 0.6 is 11.8 Å². The van der Waals surface area contributed by atoms with Crippen LogP contribution in [-0.2, 0) is 10.5 Å². The van der Waals surface area contributed by atoms with Crippen LogP contribution in [0.4, 0.5) is 11.6 Å². The Labute approximate surface area is 202 Å². The fourth-order valence-corrected chi connectivity index (χ4v) is 4.74. The Morgan fingerprint density at radius 3 is 2.62 bits per heavy atom. The lowest BCUT2D eigenvalue weighted by Gasteiger charge is -2.28. The molecule has 2 aromatic carbocycles. The van der Waals surface area contributed by atoms with E-state index >= 15 is 0 Å². The van der Waals surface area contributed by atoms with E-state index in [1.807, 2.05) is 68.4 Å². The van der Waals surface area contributed by atoms with Crippen LogP contribution in [0.2, 0.25) is 0 Å². The van der Waals surface area contributed by atoms with Crippen molar-refractivity contribution in [2.24, 2.45) is 0 Å². The van der Waals surface area contributed by atoms with E-state index in [9.17, 15) is 4.79 Å². The molecular formula is C26H24N6OS. The SMILES string of the molecule is CC1=C(C(=O)Nc2ccccc2C)[C@@H](c2cccnc2)n2nc(SCc3ccccc3)nc2N1. The highest BCUT2D eigenvalue weighted by Gasteiger charge is 2.34. The van der Waals surface area contributed by atoms with E-state index in [0.717, 1.165) is 28.3 Å². The largest absolute Gasteiger partial charge is 0.328 e. The molecule has 1 aliphatic heterocycles. The van der Waals surface area contributed by atoms with Gasteiger partial charge in [0.25, 0.3) is 5.91 Å². The summed E-state index contributed by atoms with van der Waals surface area (Å²) in [6, 6.07) is 21.3. The molecule has 0 unspecified atom stereocenters. The number of anilines is 2. The molecule has 170 valence electrons. The summed E-state index contributed by atoms with van der Waals surface area (Å²) in [6.07, 6.45) is 3.49. The number of hydrogen-bond donors (Lipinski definition) is 2. The predicted octanol–water partition coefficient (Wildman–Crippen LogP) is 5.20. The molecule has 1 aliphatic rings. The van der Waals surface area contributed by atoms with Gasteiger partial charge in [0, 0.05) is 29.5 Å². The van der Waals surface area contributed by atoms with Crippen LogP contribution in [0.25, 0.3) is 0 Å². The average Bonchev–Trinajstić information content (AvgIpc) is 3.26. The smallest absolute Gasteiger partial charge is 0.255 e. The van der Waals surface area contributed by atoms with Gasteiger partial charge >= 0.3 is 0 Å². The standard InChI is InChI=1S/C26H24N6OS/c1-17-9-6-7-13-21(17)29-24(33)22-18(2)28-25-30-26(34-16-19-10-4-3-5-11-19)31-32(25)23(22)20-12-8-14-27-15-20/h3-15,23H,16H2,1-2H3,(H,29,33)(H,28,30,31)/t23-/m1/s1. The second kappa shape index (κ2) is 9.52. The maximum absolute atomic E-state index is 13.5. The van der Waals surface area contributed by atoms with Crippen molar-refractivity contribution in [1.29, 1.82) is 0 Å². The number of carbonyl (C=O) groups excluding carboxylic acids is 1.